The molecule has 0 amide bonds. The number of methoxy groups -OCH3 is 1. The lowest BCUT2D eigenvalue weighted by Crippen LogP contribution is -2.25. The summed E-state index contributed by atoms with van der Waals surface area (Å²) >= 11 is 0. The minimum absolute atomic E-state index is 0.323. The second kappa shape index (κ2) is 5.72. The smallest absolute Gasteiger partial charge is 0.132 e. The zero-order valence-electron chi connectivity index (χ0n) is 9.51. The van der Waals surface area contributed by atoms with E-state index in [0.29, 0.717) is 6.42 Å². The second-order valence-electron chi connectivity index (χ2n) is 4.03. The molecule has 0 saturated heterocycles. The van der Waals surface area contributed by atoms with Gasteiger partial charge in [-0.3, -0.25) is 0 Å². The Kier molecular flexibility index (Phi) is 4.58. The van der Waals surface area contributed by atoms with E-state index >= 15 is 0 Å². The topological polar surface area (TPSA) is 26.3 Å². The van der Waals surface area contributed by atoms with Gasteiger partial charge in [0.15, 0.2) is 0 Å². The van der Waals surface area contributed by atoms with Crippen molar-refractivity contribution in [3.63, 3.8) is 0 Å². The standard InChI is InChI=1S/C13H18O2/c1-13(15-2,10-11-14)9-8-12-6-4-3-5-7-12/h6,11H,3-5,7,10H2,1-2H3/t13-/m1/s1. The molecule has 0 aromatic heterocycles. The van der Waals surface area contributed by atoms with Crippen molar-refractivity contribution in [1.82, 2.24) is 0 Å². The number of hydrogen-bond acceptors (Lipinski definition) is 2. The van der Waals surface area contributed by atoms with E-state index in [1.165, 1.54) is 18.4 Å². The van der Waals surface area contributed by atoms with E-state index in [0.717, 1.165) is 19.1 Å². The number of aldehydes is 1. The third kappa shape index (κ3) is 3.89. The largest absolute Gasteiger partial charge is 0.365 e. The van der Waals surface area contributed by atoms with Crippen molar-refractivity contribution in [3.8, 4) is 11.8 Å². The van der Waals surface area contributed by atoms with Gasteiger partial charge < -0.3 is 9.53 Å². The third-order valence-corrected chi connectivity index (χ3v) is 2.70. The summed E-state index contributed by atoms with van der Waals surface area (Å²) in [4.78, 5) is 10.5. The van der Waals surface area contributed by atoms with E-state index < -0.39 is 5.60 Å². The van der Waals surface area contributed by atoms with Crippen LogP contribution in [0.3, 0.4) is 0 Å². The minimum Gasteiger partial charge on any atom is -0.365 e. The minimum atomic E-state index is -0.625. The maximum atomic E-state index is 10.5. The summed E-state index contributed by atoms with van der Waals surface area (Å²) in [5.74, 6) is 6.17. The Labute approximate surface area is 91.7 Å². The van der Waals surface area contributed by atoms with Gasteiger partial charge in [0, 0.05) is 13.5 Å². The van der Waals surface area contributed by atoms with Crippen LogP contribution >= 0.6 is 0 Å². The molecule has 1 rings (SSSR count). The number of allylic oxidation sites excluding steroid dienone is 2. The summed E-state index contributed by atoms with van der Waals surface area (Å²) in [6.07, 6.45) is 8.04. The van der Waals surface area contributed by atoms with E-state index in [9.17, 15) is 4.79 Å². The Hall–Kier alpha value is -1.07. The second-order valence-corrected chi connectivity index (χ2v) is 4.03. The zero-order chi connectivity index (χ0) is 11.1. The van der Waals surface area contributed by atoms with Crippen molar-refractivity contribution in [2.45, 2.75) is 44.6 Å². The van der Waals surface area contributed by atoms with Gasteiger partial charge in [0.25, 0.3) is 0 Å². The van der Waals surface area contributed by atoms with Gasteiger partial charge >= 0.3 is 0 Å². The predicted octanol–water partition coefficient (Wildman–Crippen LogP) is 2.48. The monoisotopic (exact) mass is 206 g/mol. The Morgan fingerprint density at radius 1 is 1.60 bits per heavy atom. The van der Waals surface area contributed by atoms with Gasteiger partial charge in [0.1, 0.15) is 11.9 Å². The van der Waals surface area contributed by atoms with Crippen molar-refractivity contribution in [2.75, 3.05) is 7.11 Å². The van der Waals surface area contributed by atoms with Gasteiger partial charge in [0.05, 0.1) is 0 Å². The van der Waals surface area contributed by atoms with E-state index in [1.807, 2.05) is 6.92 Å². The maximum absolute atomic E-state index is 10.5. The molecule has 0 aliphatic heterocycles. The highest BCUT2D eigenvalue weighted by atomic mass is 16.5. The lowest BCUT2D eigenvalue weighted by molar-refractivity contribution is -0.111. The molecule has 0 heterocycles. The first-order valence-corrected chi connectivity index (χ1v) is 5.41. The van der Waals surface area contributed by atoms with Gasteiger partial charge in [-0.2, -0.15) is 0 Å². The van der Waals surface area contributed by atoms with Crippen molar-refractivity contribution >= 4 is 6.29 Å². The molecule has 0 bridgehead atoms. The summed E-state index contributed by atoms with van der Waals surface area (Å²) < 4.78 is 5.24. The van der Waals surface area contributed by atoms with Gasteiger partial charge in [-0.15, -0.1) is 0 Å². The number of rotatable bonds is 3. The number of carbonyl (C=O) groups is 1. The van der Waals surface area contributed by atoms with Crippen LogP contribution in [0.4, 0.5) is 0 Å². The molecule has 1 aliphatic carbocycles. The highest BCUT2D eigenvalue weighted by Crippen LogP contribution is 2.17. The van der Waals surface area contributed by atoms with Crippen LogP contribution in [0, 0.1) is 11.8 Å². The van der Waals surface area contributed by atoms with Crippen LogP contribution in [0.15, 0.2) is 11.6 Å². The van der Waals surface area contributed by atoms with E-state index in [1.54, 1.807) is 7.11 Å². The molecular formula is C13H18O2. The van der Waals surface area contributed by atoms with Gasteiger partial charge in [-0.25, -0.2) is 0 Å². The van der Waals surface area contributed by atoms with Crippen LogP contribution in [0.1, 0.15) is 39.0 Å². The average Bonchev–Trinajstić information content (AvgIpc) is 2.28. The Morgan fingerprint density at radius 2 is 2.40 bits per heavy atom. The molecule has 2 heteroatoms. The van der Waals surface area contributed by atoms with E-state index in [2.05, 4.69) is 17.9 Å². The SMILES string of the molecule is CO[C@](C)(C#CC1=CCCCC1)CC=O. The summed E-state index contributed by atoms with van der Waals surface area (Å²) in [5.41, 5.74) is 0.565. The molecule has 2 nitrogen and oxygen atoms in total. The summed E-state index contributed by atoms with van der Waals surface area (Å²) in [6.45, 7) is 1.85. The Morgan fingerprint density at radius 3 is 2.93 bits per heavy atom. The Balaban J connectivity index is 2.68. The van der Waals surface area contributed by atoms with Gasteiger partial charge in [-0.1, -0.05) is 17.9 Å². The highest BCUT2D eigenvalue weighted by Gasteiger charge is 2.19. The normalized spacial score (nSPS) is 19.5. The molecule has 1 aliphatic rings. The number of hydrogen-bond donors (Lipinski definition) is 0. The van der Waals surface area contributed by atoms with Crippen molar-refractivity contribution in [1.29, 1.82) is 0 Å². The average molecular weight is 206 g/mol. The lowest BCUT2D eigenvalue weighted by Gasteiger charge is -2.18. The molecule has 0 fully saturated rings. The molecule has 0 spiro atoms. The molecule has 82 valence electrons. The molecule has 0 aromatic carbocycles. The first-order valence-electron chi connectivity index (χ1n) is 5.41. The summed E-state index contributed by atoms with van der Waals surface area (Å²) in [5, 5.41) is 0. The fourth-order valence-electron chi connectivity index (χ4n) is 1.51. The molecule has 0 radical (unpaired) electrons. The first kappa shape index (κ1) is 12.0. The molecule has 0 N–H and O–H groups in total. The Bertz CT molecular complexity index is 306. The fraction of sp³-hybridized carbons (Fsp3) is 0.615. The van der Waals surface area contributed by atoms with Gasteiger partial charge in [-0.05, 0) is 38.2 Å². The van der Waals surface area contributed by atoms with Gasteiger partial charge in [0.2, 0.25) is 0 Å². The summed E-state index contributed by atoms with van der Waals surface area (Å²) in [6, 6.07) is 0. The lowest BCUT2D eigenvalue weighted by atomic mass is 9.98. The molecule has 15 heavy (non-hydrogen) atoms. The van der Waals surface area contributed by atoms with E-state index in [4.69, 9.17) is 4.74 Å². The molecule has 1 atom stereocenters. The molecular weight excluding hydrogens is 188 g/mol. The van der Waals surface area contributed by atoms with Crippen LogP contribution in [-0.4, -0.2) is 19.0 Å². The van der Waals surface area contributed by atoms with Crippen LogP contribution in [0.25, 0.3) is 0 Å². The number of ether oxygens (including phenoxy) is 1. The predicted molar refractivity (Wildman–Crippen MR) is 60.4 cm³/mol. The third-order valence-electron chi connectivity index (χ3n) is 2.70. The van der Waals surface area contributed by atoms with Crippen LogP contribution in [0.2, 0.25) is 0 Å². The van der Waals surface area contributed by atoms with Crippen molar-refractivity contribution in [2.24, 2.45) is 0 Å². The fourth-order valence-corrected chi connectivity index (χ4v) is 1.51. The molecule has 0 saturated carbocycles. The van der Waals surface area contributed by atoms with E-state index in [-0.39, 0.29) is 0 Å². The maximum Gasteiger partial charge on any atom is 0.132 e. The quantitative estimate of drug-likeness (QED) is 0.524. The number of carbonyl (C=O) groups excluding carboxylic acids is 1. The summed E-state index contributed by atoms with van der Waals surface area (Å²) in [7, 11) is 1.59. The zero-order valence-corrected chi connectivity index (χ0v) is 9.51. The molecule has 0 aromatic rings. The van der Waals surface area contributed by atoms with Crippen LogP contribution < -0.4 is 0 Å². The van der Waals surface area contributed by atoms with Crippen molar-refractivity contribution in [3.05, 3.63) is 11.6 Å². The molecule has 0 unspecified atom stereocenters. The van der Waals surface area contributed by atoms with Crippen LogP contribution in [0.5, 0.6) is 0 Å². The highest BCUT2D eigenvalue weighted by molar-refractivity contribution is 5.53. The van der Waals surface area contributed by atoms with Crippen LogP contribution in [-0.2, 0) is 9.53 Å². The first-order chi connectivity index (χ1) is 7.20. The van der Waals surface area contributed by atoms with Crippen molar-refractivity contribution < 1.29 is 9.53 Å².